The number of nitrogens with zero attached hydrogens (tertiary/aromatic N) is 3. The molecule has 138 valence electrons. The summed E-state index contributed by atoms with van der Waals surface area (Å²) >= 11 is 1.64. The van der Waals surface area contributed by atoms with Gasteiger partial charge >= 0.3 is 0 Å². The number of carbonyl (C=O) groups excluding carboxylic acids is 1. The largest absolute Gasteiger partial charge is 0.377 e. The Kier molecular flexibility index (Phi) is 5.04. The molecular formula is C19H23N3O3S. The van der Waals surface area contributed by atoms with Crippen molar-refractivity contribution in [1.82, 2.24) is 9.88 Å². The number of thiophene rings is 1. The van der Waals surface area contributed by atoms with Crippen molar-refractivity contribution < 1.29 is 14.3 Å². The van der Waals surface area contributed by atoms with Gasteiger partial charge in [0.2, 0.25) is 0 Å². The Bertz CT molecular complexity index is 766. The average molecular weight is 373 g/mol. The summed E-state index contributed by atoms with van der Waals surface area (Å²) in [5.74, 6) is 0.0161. The fourth-order valence-electron chi connectivity index (χ4n) is 3.53. The summed E-state index contributed by atoms with van der Waals surface area (Å²) in [4.78, 5) is 21.9. The highest BCUT2D eigenvalue weighted by molar-refractivity contribution is 7.16. The van der Waals surface area contributed by atoms with Gasteiger partial charge in [0, 0.05) is 36.9 Å². The standard InChI is InChI=1S/C19H23N3O3S/c1-15-2-3-18(26-15)22-13-19(25-11-17(22)23)12-21(8-9-24-14-19)10-16-4-6-20-7-5-16/h2-7H,8-14H2,1H3. The van der Waals surface area contributed by atoms with E-state index in [2.05, 4.69) is 22.9 Å². The van der Waals surface area contributed by atoms with Crippen LogP contribution in [0, 0.1) is 6.92 Å². The molecule has 0 bridgehead atoms. The van der Waals surface area contributed by atoms with E-state index >= 15 is 0 Å². The summed E-state index contributed by atoms with van der Waals surface area (Å²) in [6.45, 7) is 6.27. The van der Waals surface area contributed by atoms with Gasteiger partial charge in [0.05, 0.1) is 24.8 Å². The lowest BCUT2D eigenvalue weighted by Gasteiger charge is -2.42. The molecule has 2 aromatic heterocycles. The minimum atomic E-state index is -0.491. The molecule has 0 radical (unpaired) electrons. The van der Waals surface area contributed by atoms with E-state index in [1.165, 1.54) is 10.4 Å². The first-order chi connectivity index (χ1) is 12.6. The summed E-state index contributed by atoms with van der Waals surface area (Å²) in [6.07, 6.45) is 3.63. The van der Waals surface area contributed by atoms with E-state index in [4.69, 9.17) is 9.47 Å². The van der Waals surface area contributed by atoms with Gasteiger partial charge in [0.25, 0.3) is 5.91 Å². The van der Waals surface area contributed by atoms with Crippen molar-refractivity contribution in [2.24, 2.45) is 0 Å². The number of amides is 1. The summed E-state index contributed by atoms with van der Waals surface area (Å²) < 4.78 is 11.9. The van der Waals surface area contributed by atoms with Crippen LogP contribution in [0.3, 0.4) is 0 Å². The lowest BCUT2D eigenvalue weighted by Crippen LogP contribution is -2.60. The van der Waals surface area contributed by atoms with E-state index in [9.17, 15) is 4.79 Å². The molecule has 2 fully saturated rings. The van der Waals surface area contributed by atoms with Gasteiger partial charge in [-0.3, -0.25) is 19.6 Å². The lowest BCUT2D eigenvalue weighted by atomic mass is 10.0. The molecule has 2 aromatic rings. The van der Waals surface area contributed by atoms with Gasteiger partial charge in [0.15, 0.2) is 0 Å². The minimum Gasteiger partial charge on any atom is -0.377 e. The Balaban J connectivity index is 1.52. The number of carbonyl (C=O) groups is 1. The number of aromatic nitrogens is 1. The van der Waals surface area contributed by atoms with Gasteiger partial charge in [-0.2, -0.15) is 0 Å². The fraction of sp³-hybridized carbons (Fsp3) is 0.474. The third-order valence-corrected chi connectivity index (χ3v) is 5.85. The van der Waals surface area contributed by atoms with Crippen LogP contribution in [0.2, 0.25) is 0 Å². The van der Waals surface area contributed by atoms with Crippen LogP contribution >= 0.6 is 11.3 Å². The van der Waals surface area contributed by atoms with Gasteiger partial charge in [-0.15, -0.1) is 11.3 Å². The highest BCUT2D eigenvalue weighted by Crippen LogP contribution is 2.31. The van der Waals surface area contributed by atoms with Gasteiger partial charge in [0.1, 0.15) is 12.2 Å². The Morgan fingerprint density at radius 2 is 2.08 bits per heavy atom. The molecule has 2 saturated heterocycles. The van der Waals surface area contributed by atoms with E-state index < -0.39 is 5.60 Å². The van der Waals surface area contributed by atoms with Crippen LogP contribution in [0.15, 0.2) is 36.7 Å². The summed E-state index contributed by atoms with van der Waals surface area (Å²) in [7, 11) is 0. The molecule has 26 heavy (non-hydrogen) atoms. The van der Waals surface area contributed by atoms with E-state index in [0.717, 1.165) is 24.6 Å². The Morgan fingerprint density at radius 3 is 2.85 bits per heavy atom. The highest BCUT2D eigenvalue weighted by atomic mass is 32.1. The van der Waals surface area contributed by atoms with Gasteiger partial charge in [-0.1, -0.05) is 0 Å². The van der Waals surface area contributed by atoms with Crippen molar-refractivity contribution in [2.75, 3.05) is 44.4 Å². The van der Waals surface area contributed by atoms with Crippen molar-refractivity contribution in [3.8, 4) is 0 Å². The van der Waals surface area contributed by atoms with E-state index in [-0.39, 0.29) is 12.5 Å². The average Bonchev–Trinajstić information content (AvgIpc) is 2.98. The van der Waals surface area contributed by atoms with Crippen LogP contribution in [0.4, 0.5) is 5.00 Å². The predicted molar refractivity (Wildman–Crippen MR) is 100 cm³/mol. The SMILES string of the molecule is Cc1ccc(N2CC3(COCCN(Cc4ccncc4)C3)OCC2=O)s1. The van der Waals surface area contributed by atoms with Crippen molar-refractivity contribution >= 4 is 22.2 Å². The molecule has 1 spiro atoms. The Labute approximate surface area is 157 Å². The Morgan fingerprint density at radius 1 is 1.23 bits per heavy atom. The molecule has 0 N–H and O–H groups in total. The van der Waals surface area contributed by atoms with E-state index in [1.54, 1.807) is 11.3 Å². The Hall–Kier alpha value is -1.80. The van der Waals surface area contributed by atoms with Crippen LogP contribution in [-0.4, -0.2) is 60.8 Å². The number of ether oxygens (including phenoxy) is 2. The zero-order valence-corrected chi connectivity index (χ0v) is 15.7. The molecule has 4 heterocycles. The maximum Gasteiger partial charge on any atom is 0.253 e. The normalized spacial score (nSPS) is 24.8. The number of aryl methyl sites for hydroxylation is 1. The summed E-state index contributed by atoms with van der Waals surface area (Å²) in [5.41, 5.74) is 0.727. The molecule has 1 amide bonds. The monoisotopic (exact) mass is 373 g/mol. The smallest absolute Gasteiger partial charge is 0.253 e. The predicted octanol–water partition coefficient (Wildman–Crippen LogP) is 2.09. The first-order valence-electron chi connectivity index (χ1n) is 8.83. The molecule has 0 aromatic carbocycles. The van der Waals surface area contributed by atoms with Crippen molar-refractivity contribution in [3.63, 3.8) is 0 Å². The van der Waals surface area contributed by atoms with E-state index in [1.807, 2.05) is 35.5 Å². The van der Waals surface area contributed by atoms with Gasteiger partial charge in [-0.05, 0) is 36.8 Å². The third kappa shape index (κ3) is 3.81. The molecule has 6 nitrogen and oxygen atoms in total. The zero-order chi connectivity index (χ0) is 18.0. The van der Waals surface area contributed by atoms with Crippen LogP contribution in [0.1, 0.15) is 10.4 Å². The van der Waals surface area contributed by atoms with Crippen molar-refractivity contribution in [1.29, 1.82) is 0 Å². The highest BCUT2D eigenvalue weighted by Gasteiger charge is 2.43. The van der Waals surface area contributed by atoms with Gasteiger partial charge in [-0.25, -0.2) is 0 Å². The second-order valence-corrected chi connectivity index (χ2v) is 8.22. The maximum atomic E-state index is 12.4. The number of hydrogen-bond acceptors (Lipinski definition) is 6. The summed E-state index contributed by atoms with van der Waals surface area (Å²) in [6, 6.07) is 8.13. The van der Waals surface area contributed by atoms with Gasteiger partial charge < -0.3 is 9.47 Å². The molecule has 7 heteroatoms. The zero-order valence-electron chi connectivity index (χ0n) is 14.9. The van der Waals surface area contributed by atoms with Crippen LogP contribution in [-0.2, 0) is 20.8 Å². The number of morpholine rings is 1. The first-order valence-corrected chi connectivity index (χ1v) is 9.65. The number of rotatable bonds is 3. The number of hydrogen-bond donors (Lipinski definition) is 0. The molecule has 2 aliphatic rings. The third-order valence-electron chi connectivity index (χ3n) is 4.83. The maximum absolute atomic E-state index is 12.4. The minimum absolute atomic E-state index is 0.0161. The van der Waals surface area contributed by atoms with Crippen molar-refractivity contribution in [3.05, 3.63) is 47.1 Å². The molecule has 1 atom stereocenters. The lowest BCUT2D eigenvalue weighted by molar-refractivity contribution is -0.146. The molecule has 4 rings (SSSR count). The molecule has 2 aliphatic heterocycles. The first kappa shape index (κ1) is 17.6. The fourth-order valence-corrected chi connectivity index (χ4v) is 4.41. The summed E-state index contributed by atoms with van der Waals surface area (Å²) in [5, 5.41) is 0.986. The van der Waals surface area contributed by atoms with Crippen LogP contribution < -0.4 is 4.90 Å². The van der Waals surface area contributed by atoms with Crippen LogP contribution in [0.25, 0.3) is 0 Å². The topological polar surface area (TPSA) is 54.9 Å². The van der Waals surface area contributed by atoms with E-state index in [0.29, 0.717) is 19.8 Å². The molecule has 0 aliphatic carbocycles. The molecule has 0 saturated carbocycles. The molecule has 1 unspecified atom stereocenters. The second-order valence-electron chi connectivity index (χ2n) is 6.95. The number of anilines is 1. The number of pyridine rings is 1. The van der Waals surface area contributed by atoms with Crippen LogP contribution in [0.5, 0.6) is 0 Å². The molecular weight excluding hydrogens is 350 g/mol. The van der Waals surface area contributed by atoms with Crippen molar-refractivity contribution in [2.45, 2.75) is 19.1 Å². The second kappa shape index (κ2) is 7.44. The quantitative estimate of drug-likeness (QED) is 0.825.